The maximum Gasteiger partial charge on any atom is 0.125 e. The van der Waals surface area contributed by atoms with Crippen molar-refractivity contribution in [2.75, 3.05) is 18.6 Å². The number of hydrogen-bond acceptors (Lipinski definition) is 3. The SMILES string of the molecule is COc1cccc(N2CCc3ccccc3C2)c1[C@@H](C)N. The molecule has 0 saturated carbocycles. The van der Waals surface area contributed by atoms with Crippen LogP contribution < -0.4 is 15.4 Å². The molecule has 1 aliphatic heterocycles. The van der Waals surface area contributed by atoms with E-state index in [1.165, 1.54) is 16.8 Å². The summed E-state index contributed by atoms with van der Waals surface area (Å²) in [6.45, 7) is 3.96. The number of rotatable bonds is 3. The maximum atomic E-state index is 6.19. The highest BCUT2D eigenvalue weighted by atomic mass is 16.5. The molecule has 0 aromatic heterocycles. The third-order valence-corrected chi connectivity index (χ3v) is 4.19. The van der Waals surface area contributed by atoms with Crippen LogP contribution in [0.1, 0.15) is 29.7 Å². The molecule has 1 atom stereocenters. The zero-order valence-electron chi connectivity index (χ0n) is 12.7. The van der Waals surface area contributed by atoms with E-state index in [9.17, 15) is 0 Å². The third-order valence-electron chi connectivity index (χ3n) is 4.19. The van der Waals surface area contributed by atoms with Crippen LogP contribution >= 0.6 is 0 Å². The molecule has 110 valence electrons. The van der Waals surface area contributed by atoms with Crippen LogP contribution in [-0.2, 0) is 13.0 Å². The summed E-state index contributed by atoms with van der Waals surface area (Å²) >= 11 is 0. The van der Waals surface area contributed by atoms with Gasteiger partial charge in [-0.2, -0.15) is 0 Å². The fraction of sp³-hybridized carbons (Fsp3) is 0.333. The second-order valence-electron chi connectivity index (χ2n) is 5.62. The Bertz CT molecular complexity index is 637. The number of fused-ring (bicyclic) bond motifs is 1. The van der Waals surface area contributed by atoms with Crippen molar-refractivity contribution in [1.82, 2.24) is 0 Å². The van der Waals surface area contributed by atoms with Gasteiger partial charge in [-0.15, -0.1) is 0 Å². The second kappa shape index (κ2) is 5.78. The third kappa shape index (κ3) is 2.61. The fourth-order valence-corrected chi connectivity index (χ4v) is 3.15. The normalized spacial score (nSPS) is 15.5. The van der Waals surface area contributed by atoms with Gasteiger partial charge < -0.3 is 15.4 Å². The molecule has 0 saturated heterocycles. The Hall–Kier alpha value is -2.00. The Kier molecular flexibility index (Phi) is 3.84. The molecule has 0 aliphatic carbocycles. The van der Waals surface area contributed by atoms with E-state index >= 15 is 0 Å². The number of ether oxygens (including phenoxy) is 1. The number of anilines is 1. The van der Waals surface area contributed by atoms with Crippen LogP contribution in [0.4, 0.5) is 5.69 Å². The van der Waals surface area contributed by atoms with Crippen molar-refractivity contribution in [2.24, 2.45) is 5.73 Å². The quantitative estimate of drug-likeness (QED) is 0.939. The zero-order chi connectivity index (χ0) is 14.8. The van der Waals surface area contributed by atoms with Crippen LogP contribution in [0.3, 0.4) is 0 Å². The number of methoxy groups -OCH3 is 1. The lowest BCUT2D eigenvalue weighted by atomic mass is 9.97. The molecule has 3 heteroatoms. The van der Waals surface area contributed by atoms with Crippen LogP contribution in [0, 0.1) is 0 Å². The van der Waals surface area contributed by atoms with Gasteiger partial charge in [-0.1, -0.05) is 30.3 Å². The van der Waals surface area contributed by atoms with Gasteiger partial charge in [-0.3, -0.25) is 0 Å². The van der Waals surface area contributed by atoms with Crippen LogP contribution in [0.25, 0.3) is 0 Å². The zero-order valence-corrected chi connectivity index (χ0v) is 12.7. The molecule has 0 fully saturated rings. The molecule has 0 spiro atoms. The molecule has 1 aliphatic rings. The predicted molar refractivity (Wildman–Crippen MR) is 86.8 cm³/mol. The Morgan fingerprint density at radius 1 is 1.10 bits per heavy atom. The molecule has 21 heavy (non-hydrogen) atoms. The van der Waals surface area contributed by atoms with Gasteiger partial charge in [-0.05, 0) is 36.6 Å². The van der Waals surface area contributed by atoms with E-state index in [1.807, 2.05) is 19.1 Å². The summed E-state index contributed by atoms with van der Waals surface area (Å²) in [7, 11) is 1.70. The van der Waals surface area contributed by atoms with E-state index in [-0.39, 0.29) is 6.04 Å². The summed E-state index contributed by atoms with van der Waals surface area (Å²) in [4.78, 5) is 2.41. The molecule has 2 N–H and O–H groups in total. The first-order valence-electron chi connectivity index (χ1n) is 7.45. The molecule has 1 heterocycles. The van der Waals surface area contributed by atoms with Crippen LogP contribution in [-0.4, -0.2) is 13.7 Å². The molecular weight excluding hydrogens is 260 g/mol. The van der Waals surface area contributed by atoms with Crippen molar-refractivity contribution in [3.8, 4) is 5.75 Å². The Balaban J connectivity index is 1.99. The lowest BCUT2D eigenvalue weighted by Gasteiger charge is -2.33. The summed E-state index contributed by atoms with van der Waals surface area (Å²) in [6.07, 6.45) is 1.08. The van der Waals surface area contributed by atoms with Gasteiger partial charge in [-0.25, -0.2) is 0 Å². The Morgan fingerprint density at radius 3 is 2.57 bits per heavy atom. The topological polar surface area (TPSA) is 38.5 Å². The molecule has 3 rings (SSSR count). The van der Waals surface area contributed by atoms with Gasteiger partial charge in [0.25, 0.3) is 0 Å². The number of nitrogens with zero attached hydrogens (tertiary/aromatic N) is 1. The summed E-state index contributed by atoms with van der Waals surface area (Å²) in [6, 6.07) is 14.8. The number of hydrogen-bond donors (Lipinski definition) is 1. The smallest absolute Gasteiger partial charge is 0.125 e. The highest BCUT2D eigenvalue weighted by Crippen LogP contribution is 2.35. The van der Waals surface area contributed by atoms with Gasteiger partial charge in [0.05, 0.1) is 7.11 Å². The minimum absolute atomic E-state index is 0.0479. The lowest BCUT2D eigenvalue weighted by Crippen LogP contribution is -2.31. The number of benzene rings is 2. The first-order chi connectivity index (χ1) is 10.2. The highest BCUT2D eigenvalue weighted by Gasteiger charge is 2.21. The fourth-order valence-electron chi connectivity index (χ4n) is 3.15. The average Bonchev–Trinajstić information content (AvgIpc) is 2.53. The summed E-state index contributed by atoms with van der Waals surface area (Å²) < 4.78 is 5.50. The van der Waals surface area contributed by atoms with E-state index in [4.69, 9.17) is 10.5 Å². The molecular formula is C18H22N2O. The first kappa shape index (κ1) is 14.0. The van der Waals surface area contributed by atoms with E-state index in [0.717, 1.165) is 30.8 Å². The minimum Gasteiger partial charge on any atom is -0.496 e. The summed E-state index contributed by atoms with van der Waals surface area (Å²) in [5, 5.41) is 0. The van der Waals surface area contributed by atoms with Gasteiger partial charge >= 0.3 is 0 Å². The standard InChI is InChI=1S/C18H22N2O/c1-13(19)18-16(8-5-9-17(18)21-2)20-11-10-14-6-3-4-7-15(14)12-20/h3-9,13H,10-12,19H2,1-2H3/t13-/m1/s1. The molecule has 0 amide bonds. The minimum atomic E-state index is -0.0479. The first-order valence-corrected chi connectivity index (χ1v) is 7.45. The molecule has 3 nitrogen and oxygen atoms in total. The predicted octanol–water partition coefficient (Wildman–Crippen LogP) is 3.28. The Morgan fingerprint density at radius 2 is 1.86 bits per heavy atom. The Labute approximate surface area is 126 Å². The lowest BCUT2D eigenvalue weighted by molar-refractivity contribution is 0.407. The summed E-state index contributed by atoms with van der Waals surface area (Å²) in [5.74, 6) is 0.876. The molecule has 2 aromatic carbocycles. The monoisotopic (exact) mass is 282 g/mol. The second-order valence-corrected chi connectivity index (χ2v) is 5.62. The van der Waals surface area contributed by atoms with Crippen LogP contribution in [0.2, 0.25) is 0 Å². The van der Waals surface area contributed by atoms with Gasteiger partial charge in [0.1, 0.15) is 5.75 Å². The summed E-state index contributed by atoms with van der Waals surface area (Å²) in [5.41, 5.74) is 11.3. The molecule has 2 aromatic rings. The van der Waals surface area contributed by atoms with E-state index in [0.29, 0.717) is 0 Å². The average molecular weight is 282 g/mol. The van der Waals surface area contributed by atoms with Crippen molar-refractivity contribution in [2.45, 2.75) is 25.9 Å². The van der Waals surface area contributed by atoms with Gasteiger partial charge in [0.2, 0.25) is 0 Å². The number of nitrogens with two attached hydrogens (primary N) is 1. The van der Waals surface area contributed by atoms with E-state index < -0.39 is 0 Å². The van der Waals surface area contributed by atoms with Gasteiger partial charge in [0.15, 0.2) is 0 Å². The maximum absolute atomic E-state index is 6.19. The highest BCUT2D eigenvalue weighted by molar-refractivity contribution is 5.61. The van der Waals surface area contributed by atoms with Crippen molar-refractivity contribution >= 4 is 5.69 Å². The van der Waals surface area contributed by atoms with Crippen LogP contribution in [0.5, 0.6) is 5.75 Å². The van der Waals surface area contributed by atoms with E-state index in [1.54, 1.807) is 7.11 Å². The molecule has 0 bridgehead atoms. The van der Waals surface area contributed by atoms with Crippen LogP contribution in [0.15, 0.2) is 42.5 Å². The van der Waals surface area contributed by atoms with Crippen molar-refractivity contribution in [1.29, 1.82) is 0 Å². The molecule has 0 unspecified atom stereocenters. The largest absolute Gasteiger partial charge is 0.496 e. The van der Waals surface area contributed by atoms with Gasteiger partial charge in [0, 0.05) is 30.4 Å². The van der Waals surface area contributed by atoms with E-state index in [2.05, 4.69) is 35.2 Å². The van der Waals surface area contributed by atoms with Crippen molar-refractivity contribution < 1.29 is 4.74 Å². The van der Waals surface area contributed by atoms with Crippen molar-refractivity contribution in [3.63, 3.8) is 0 Å². The van der Waals surface area contributed by atoms with Crippen molar-refractivity contribution in [3.05, 3.63) is 59.2 Å². The molecule has 0 radical (unpaired) electrons.